The van der Waals surface area contributed by atoms with Crippen molar-refractivity contribution in [2.24, 2.45) is 0 Å². The van der Waals surface area contributed by atoms with Gasteiger partial charge in [-0.05, 0) is 36.1 Å². The van der Waals surface area contributed by atoms with Gasteiger partial charge in [-0.25, -0.2) is 0 Å². The second-order valence-electron chi connectivity index (χ2n) is 6.06. The molecule has 0 saturated carbocycles. The Morgan fingerprint density at radius 2 is 1.69 bits per heavy atom. The molecule has 7 heteroatoms. The number of benzene rings is 1. The van der Waals surface area contributed by atoms with E-state index in [4.69, 9.17) is 4.74 Å². The topological polar surface area (TPSA) is 83.6 Å². The van der Waals surface area contributed by atoms with Gasteiger partial charge in [0.05, 0.1) is 0 Å². The number of carbonyl (C=O) groups excluding carboxylic acids is 1. The molecule has 140 valence electrons. The van der Waals surface area contributed by atoms with E-state index < -0.39 is 5.09 Å². The van der Waals surface area contributed by atoms with Crippen molar-refractivity contribution in [1.82, 2.24) is 4.57 Å². The van der Waals surface area contributed by atoms with Crippen LogP contribution in [0.15, 0.2) is 48.8 Å². The molecule has 0 amide bonds. The SMILES string of the molecule is O=C(CCCCCCn1cccc1)OCc1cccc(CO[N+](=O)[O-])c1. The Morgan fingerprint density at radius 3 is 2.42 bits per heavy atom. The van der Waals surface area contributed by atoms with Crippen molar-refractivity contribution < 1.29 is 19.5 Å². The number of hydrogen-bond donors (Lipinski definition) is 0. The molecule has 2 aromatic rings. The third-order valence-corrected chi connectivity index (χ3v) is 3.94. The Morgan fingerprint density at radius 1 is 1.00 bits per heavy atom. The molecular formula is C19H24N2O5. The minimum Gasteiger partial charge on any atom is -0.461 e. The molecule has 26 heavy (non-hydrogen) atoms. The molecule has 0 spiro atoms. The minimum absolute atomic E-state index is 0.113. The lowest BCUT2D eigenvalue weighted by atomic mass is 10.1. The van der Waals surface area contributed by atoms with Crippen molar-refractivity contribution in [2.75, 3.05) is 0 Å². The van der Waals surface area contributed by atoms with Crippen LogP contribution in [0.3, 0.4) is 0 Å². The summed E-state index contributed by atoms with van der Waals surface area (Å²) in [5, 5.41) is 9.38. The lowest BCUT2D eigenvalue weighted by molar-refractivity contribution is -0.763. The number of nitrogens with zero attached hydrogens (tertiary/aromatic N) is 2. The normalized spacial score (nSPS) is 10.5. The van der Waals surface area contributed by atoms with Crippen LogP contribution in [-0.2, 0) is 34.1 Å². The summed E-state index contributed by atoms with van der Waals surface area (Å²) in [5.74, 6) is -0.220. The number of unbranched alkanes of at least 4 members (excludes halogenated alkanes) is 3. The van der Waals surface area contributed by atoms with Gasteiger partial charge >= 0.3 is 5.97 Å². The fourth-order valence-corrected chi connectivity index (χ4v) is 2.61. The summed E-state index contributed by atoms with van der Waals surface area (Å²) in [4.78, 5) is 26.3. The minimum atomic E-state index is -0.828. The molecule has 2 rings (SSSR count). The maximum atomic E-state index is 11.8. The fourth-order valence-electron chi connectivity index (χ4n) is 2.61. The fraction of sp³-hybridized carbons (Fsp3) is 0.421. The number of esters is 1. The Hall–Kier alpha value is -2.83. The lowest BCUT2D eigenvalue weighted by Crippen LogP contribution is -2.05. The van der Waals surface area contributed by atoms with E-state index in [0.29, 0.717) is 12.0 Å². The van der Waals surface area contributed by atoms with Crippen molar-refractivity contribution >= 4 is 5.97 Å². The molecule has 0 fully saturated rings. The van der Waals surface area contributed by atoms with Gasteiger partial charge in [-0.15, -0.1) is 10.1 Å². The number of aromatic nitrogens is 1. The van der Waals surface area contributed by atoms with Gasteiger partial charge < -0.3 is 14.1 Å². The third-order valence-electron chi connectivity index (χ3n) is 3.94. The zero-order valence-electron chi connectivity index (χ0n) is 14.7. The monoisotopic (exact) mass is 360 g/mol. The summed E-state index contributed by atoms with van der Waals surface area (Å²) in [6.07, 6.45) is 8.53. The van der Waals surface area contributed by atoms with Crippen LogP contribution in [-0.4, -0.2) is 15.6 Å². The van der Waals surface area contributed by atoms with Gasteiger partial charge in [-0.1, -0.05) is 37.1 Å². The predicted molar refractivity (Wildman–Crippen MR) is 95.5 cm³/mol. The first-order chi connectivity index (χ1) is 12.6. The molecule has 0 atom stereocenters. The lowest BCUT2D eigenvalue weighted by Gasteiger charge is -2.07. The van der Waals surface area contributed by atoms with Crippen LogP contribution >= 0.6 is 0 Å². The van der Waals surface area contributed by atoms with Gasteiger partial charge in [0.25, 0.3) is 5.09 Å². The maximum absolute atomic E-state index is 11.8. The van der Waals surface area contributed by atoms with Crippen LogP contribution in [0.5, 0.6) is 0 Å². The van der Waals surface area contributed by atoms with Crippen LogP contribution in [0.2, 0.25) is 0 Å². The first-order valence-corrected chi connectivity index (χ1v) is 8.75. The first-order valence-electron chi connectivity index (χ1n) is 8.75. The molecule has 0 unspecified atom stereocenters. The highest BCUT2D eigenvalue weighted by Gasteiger charge is 2.05. The Kier molecular flexibility index (Phi) is 8.18. The van der Waals surface area contributed by atoms with Crippen molar-refractivity contribution in [3.63, 3.8) is 0 Å². The molecule has 1 aromatic carbocycles. The van der Waals surface area contributed by atoms with Gasteiger partial charge in [0.1, 0.15) is 13.2 Å². The summed E-state index contributed by atoms with van der Waals surface area (Å²) in [6, 6.07) is 11.1. The second kappa shape index (κ2) is 10.9. The first kappa shape index (κ1) is 19.5. The molecule has 0 radical (unpaired) electrons. The van der Waals surface area contributed by atoms with E-state index >= 15 is 0 Å². The zero-order valence-corrected chi connectivity index (χ0v) is 14.7. The highest BCUT2D eigenvalue weighted by molar-refractivity contribution is 5.69. The van der Waals surface area contributed by atoms with Crippen molar-refractivity contribution in [3.8, 4) is 0 Å². The van der Waals surface area contributed by atoms with Gasteiger partial charge in [-0.2, -0.15) is 0 Å². The second-order valence-corrected chi connectivity index (χ2v) is 6.06. The summed E-state index contributed by atoms with van der Waals surface area (Å²) in [6.45, 7) is 1.06. The average Bonchev–Trinajstić information content (AvgIpc) is 3.15. The Balaban J connectivity index is 1.56. The Bertz CT molecular complexity index is 685. The highest BCUT2D eigenvalue weighted by Crippen LogP contribution is 2.10. The molecule has 0 bridgehead atoms. The molecule has 0 saturated heterocycles. The van der Waals surface area contributed by atoms with Gasteiger partial charge in [0.2, 0.25) is 0 Å². The zero-order chi connectivity index (χ0) is 18.6. The number of aryl methyl sites for hydroxylation is 1. The molecule has 1 aromatic heterocycles. The standard InChI is InChI=1S/C19H24N2O5/c22-19(10-3-1-2-4-11-20-12-5-6-13-20)25-15-17-8-7-9-18(14-17)16-26-21(23)24/h5-9,12-14H,1-4,10-11,15-16H2. The van der Waals surface area contributed by atoms with E-state index in [-0.39, 0.29) is 19.2 Å². The van der Waals surface area contributed by atoms with Crippen molar-refractivity contribution in [1.29, 1.82) is 0 Å². The van der Waals surface area contributed by atoms with Crippen LogP contribution < -0.4 is 0 Å². The molecule has 0 N–H and O–H groups in total. The molecule has 0 aliphatic heterocycles. The van der Waals surface area contributed by atoms with Crippen LogP contribution in [0.4, 0.5) is 0 Å². The molecule has 7 nitrogen and oxygen atoms in total. The van der Waals surface area contributed by atoms with Crippen LogP contribution in [0, 0.1) is 10.1 Å². The van der Waals surface area contributed by atoms with Gasteiger partial charge in [-0.3, -0.25) is 4.79 Å². The predicted octanol–water partition coefficient (Wildman–Crippen LogP) is 3.89. The van der Waals surface area contributed by atoms with E-state index in [2.05, 4.69) is 21.8 Å². The summed E-state index contributed by atoms with van der Waals surface area (Å²) in [5.41, 5.74) is 1.45. The van der Waals surface area contributed by atoms with Crippen LogP contribution in [0.1, 0.15) is 43.2 Å². The van der Waals surface area contributed by atoms with E-state index in [1.165, 1.54) is 0 Å². The molecule has 1 heterocycles. The number of carbonyl (C=O) groups is 1. The van der Waals surface area contributed by atoms with E-state index in [0.717, 1.165) is 37.8 Å². The van der Waals surface area contributed by atoms with E-state index in [1.54, 1.807) is 18.2 Å². The summed E-state index contributed by atoms with van der Waals surface area (Å²) >= 11 is 0. The summed E-state index contributed by atoms with van der Waals surface area (Å²) < 4.78 is 7.41. The number of rotatable bonds is 12. The van der Waals surface area contributed by atoms with Crippen LogP contribution in [0.25, 0.3) is 0 Å². The van der Waals surface area contributed by atoms with Crippen molar-refractivity contribution in [3.05, 3.63) is 70.0 Å². The maximum Gasteiger partial charge on any atom is 0.306 e. The third kappa shape index (κ3) is 7.83. The molecule has 0 aliphatic rings. The van der Waals surface area contributed by atoms with Crippen molar-refractivity contribution in [2.45, 2.75) is 51.9 Å². The number of ether oxygens (including phenoxy) is 1. The molecule has 0 aliphatic carbocycles. The average molecular weight is 360 g/mol. The van der Waals surface area contributed by atoms with E-state index in [1.807, 2.05) is 18.2 Å². The van der Waals surface area contributed by atoms with Gasteiger partial charge in [0, 0.05) is 25.4 Å². The summed E-state index contributed by atoms with van der Waals surface area (Å²) in [7, 11) is 0. The molecular weight excluding hydrogens is 336 g/mol. The highest BCUT2D eigenvalue weighted by atomic mass is 16.9. The Labute approximate surface area is 152 Å². The van der Waals surface area contributed by atoms with Gasteiger partial charge in [0.15, 0.2) is 0 Å². The smallest absolute Gasteiger partial charge is 0.306 e. The largest absolute Gasteiger partial charge is 0.461 e. The van der Waals surface area contributed by atoms with E-state index in [9.17, 15) is 14.9 Å². The number of hydrogen-bond acceptors (Lipinski definition) is 5. The quantitative estimate of drug-likeness (QED) is 0.248.